The van der Waals surface area contributed by atoms with E-state index in [2.05, 4.69) is 25.9 Å². The van der Waals surface area contributed by atoms with E-state index in [1.165, 1.54) is 10.7 Å². The Morgan fingerprint density at radius 3 is 2.67 bits per heavy atom. The average molecular weight is 300 g/mol. The Bertz CT molecular complexity index is 666. The van der Waals surface area contributed by atoms with E-state index in [1.807, 2.05) is 0 Å². The lowest BCUT2D eigenvalue weighted by Gasteiger charge is -2.09. The summed E-state index contributed by atoms with van der Waals surface area (Å²) in [4.78, 5) is 18.7. The molecule has 0 radical (unpaired) electrons. The first-order valence-electron chi connectivity index (χ1n) is 5.74. The van der Waals surface area contributed by atoms with Crippen LogP contribution in [0.15, 0.2) is 18.3 Å². The predicted octanol–water partition coefficient (Wildman–Crippen LogP) is 1.29. The summed E-state index contributed by atoms with van der Waals surface area (Å²) in [6.07, 6.45) is -3.64. The van der Waals surface area contributed by atoms with Crippen molar-refractivity contribution in [2.75, 3.05) is 5.43 Å². The van der Waals surface area contributed by atoms with Gasteiger partial charge in [-0.15, -0.1) is 0 Å². The third-order valence-electron chi connectivity index (χ3n) is 2.47. The Labute approximate surface area is 117 Å². The van der Waals surface area contributed by atoms with E-state index >= 15 is 0 Å². The molecule has 0 unspecified atom stereocenters. The quantitative estimate of drug-likeness (QED) is 0.835. The summed E-state index contributed by atoms with van der Waals surface area (Å²) in [6.45, 7) is 1.71. The molecule has 2 rings (SSSR count). The van der Waals surface area contributed by atoms with Gasteiger partial charge in [0.15, 0.2) is 0 Å². The second-order valence-corrected chi connectivity index (χ2v) is 4.14. The normalized spacial score (nSPS) is 11.3. The van der Waals surface area contributed by atoms with Gasteiger partial charge in [0, 0.05) is 13.2 Å². The van der Waals surface area contributed by atoms with E-state index in [0.717, 1.165) is 12.3 Å². The van der Waals surface area contributed by atoms with Crippen LogP contribution in [0.1, 0.15) is 21.9 Å². The van der Waals surface area contributed by atoms with Crippen LogP contribution in [0, 0.1) is 6.92 Å². The molecule has 0 bridgehead atoms. The molecule has 0 aliphatic rings. The van der Waals surface area contributed by atoms with Crippen molar-refractivity contribution in [1.82, 2.24) is 25.2 Å². The van der Waals surface area contributed by atoms with Crippen molar-refractivity contribution in [1.29, 1.82) is 0 Å². The molecule has 0 saturated carbocycles. The highest BCUT2D eigenvalue weighted by molar-refractivity contribution is 5.93. The summed E-state index contributed by atoms with van der Waals surface area (Å²) in [5.41, 5.74) is 4.21. The van der Waals surface area contributed by atoms with Crippen molar-refractivity contribution >= 4 is 11.9 Å². The average Bonchev–Trinajstić information content (AvgIpc) is 2.74. The smallest absolute Gasteiger partial charge is 0.266 e. The molecule has 0 aliphatic heterocycles. The number of hydrogen-bond acceptors (Lipinski definition) is 5. The molecular weight excluding hydrogens is 289 g/mol. The highest BCUT2D eigenvalue weighted by Crippen LogP contribution is 2.27. The monoisotopic (exact) mass is 300 g/mol. The molecule has 0 aromatic carbocycles. The third kappa shape index (κ3) is 3.46. The van der Waals surface area contributed by atoms with Gasteiger partial charge in [-0.05, 0) is 19.1 Å². The number of hydrogen-bond donors (Lipinski definition) is 2. The van der Waals surface area contributed by atoms with Crippen LogP contribution >= 0.6 is 0 Å². The van der Waals surface area contributed by atoms with E-state index in [9.17, 15) is 18.0 Å². The van der Waals surface area contributed by atoms with E-state index in [0.29, 0.717) is 5.69 Å². The van der Waals surface area contributed by atoms with Gasteiger partial charge >= 0.3 is 6.18 Å². The van der Waals surface area contributed by atoms with E-state index in [1.54, 1.807) is 14.0 Å². The zero-order valence-electron chi connectivity index (χ0n) is 11.1. The molecule has 1 amide bonds. The number of rotatable bonds is 3. The van der Waals surface area contributed by atoms with Gasteiger partial charge in [-0.3, -0.25) is 20.3 Å². The predicted molar refractivity (Wildman–Crippen MR) is 66.1 cm³/mol. The van der Waals surface area contributed by atoms with Crippen LogP contribution in [0.2, 0.25) is 0 Å². The number of carbonyl (C=O) groups excluding carboxylic acids is 1. The number of amides is 1. The highest BCUT2D eigenvalue weighted by atomic mass is 19.4. The molecule has 112 valence electrons. The van der Waals surface area contributed by atoms with Gasteiger partial charge in [-0.25, -0.2) is 9.97 Å². The van der Waals surface area contributed by atoms with Crippen LogP contribution in [0.4, 0.5) is 19.1 Å². The molecular formula is C11H11F3N6O. The number of hydrazine groups is 1. The topological polar surface area (TPSA) is 84.7 Å². The van der Waals surface area contributed by atoms with Crippen LogP contribution in [0.5, 0.6) is 0 Å². The molecule has 0 aliphatic carbocycles. The van der Waals surface area contributed by atoms with Gasteiger partial charge in [0.2, 0.25) is 5.95 Å². The van der Waals surface area contributed by atoms with E-state index < -0.39 is 17.8 Å². The standard InChI is InChI=1S/C11H11F3N6O/c1-6-5-7(20(2)19-6)9(21)17-18-10-15-4-3-8(16-10)11(12,13)14/h3-5H,1-2H3,(H,17,21)(H,15,16,18). The third-order valence-corrected chi connectivity index (χ3v) is 2.47. The van der Waals surface area contributed by atoms with Crippen molar-refractivity contribution in [2.45, 2.75) is 13.1 Å². The zero-order chi connectivity index (χ0) is 15.6. The van der Waals surface area contributed by atoms with Gasteiger partial charge in [0.05, 0.1) is 5.69 Å². The Balaban J connectivity index is 2.07. The second kappa shape index (κ2) is 5.38. The summed E-state index contributed by atoms with van der Waals surface area (Å²) in [5.74, 6) is -0.934. The van der Waals surface area contributed by atoms with Crippen LogP contribution in [-0.2, 0) is 13.2 Å². The number of halogens is 3. The summed E-state index contributed by atoms with van der Waals surface area (Å²) in [6, 6.07) is 2.27. The first kappa shape index (κ1) is 14.8. The largest absolute Gasteiger partial charge is 0.433 e. The molecule has 2 N–H and O–H groups in total. The SMILES string of the molecule is Cc1cc(C(=O)NNc2nccc(C(F)(F)F)n2)n(C)n1. The maximum absolute atomic E-state index is 12.5. The number of carbonyl (C=O) groups is 1. The van der Waals surface area contributed by atoms with Crippen LogP contribution in [0.3, 0.4) is 0 Å². The fourth-order valence-electron chi connectivity index (χ4n) is 1.58. The number of alkyl halides is 3. The molecule has 0 saturated heterocycles. The molecule has 21 heavy (non-hydrogen) atoms. The van der Waals surface area contributed by atoms with Gasteiger partial charge < -0.3 is 0 Å². The molecule has 0 atom stereocenters. The number of aryl methyl sites for hydroxylation is 2. The Hall–Kier alpha value is -2.65. The van der Waals surface area contributed by atoms with E-state index in [4.69, 9.17) is 0 Å². The Morgan fingerprint density at radius 2 is 2.10 bits per heavy atom. The fourth-order valence-corrected chi connectivity index (χ4v) is 1.58. The molecule has 10 heteroatoms. The van der Waals surface area contributed by atoms with Gasteiger partial charge in [0.1, 0.15) is 11.4 Å². The van der Waals surface area contributed by atoms with Gasteiger partial charge in [0.25, 0.3) is 5.91 Å². The maximum Gasteiger partial charge on any atom is 0.433 e. The van der Waals surface area contributed by atoms with Crippen LogP contribution < -0.4 is 10.9 Å². The number of aromatic nitrogens is 4. The fraction of sp³-hybridized carbons (Fsp3) is 0.273. The van der Waals surface area contributed by atoms with Crippen LogP contribution in [0.25, 0.3) is 0 Å². The zero-order valence-corrected chi connectivity index (χ0v) is 11.1. The van der Waals surface area contributed by atoms with Gasteiger partial charge in [-0.1, -0.05) is 0 Å². The molecule has 0 spiro atoms. The summed E-state index contributed by atoms with van der Waals surface area (Å²) >= 11 is 0. The lowest BCUT2D eigenvalue weighted by molar-refractivity contribution is -0.141. The number of nitrogens with one attached hydrogen (secondary N) is 2. The van der Waals surface area contributed by atoms with Crippen molar-refractivity contribution in [3.63, 3.8) is 0 Å². The minimum Gasteiger partial charge on any atom is -0.266 e. The highest BCUT2D eigenvalue weighted by Gasteiger charge is 2.32. The van der Waals surface area contributed by atoms with Crippen LogP contribution in [-0.4, -0.2) is 25.7 Å². The molecule has 7 nitrogen and oxygen atoms in total. The number of anilines is 1. The summed E-state index contributed by atoms with van der Waals surface area (Å²) in [5, 5.41) is 3.98. The minimum absolute atomic E-state index is 0.243. The van der Waals surface area contributed by atoms with Crippen molar-refractivity contribution in [2.24, 2.45) is 7.05 Å². The first-order chi connectivity index (χ1) is 9.77. The lowest BCUT2D eigenvalue weighted by atomic mass is 10.3. The maximum atomic E-state index is 12.5. The summed E-state index contributed by atoms with van der Waals surface area (Å²) < 4.78 is 38.8. The molecule has 0 fully saturated rings. The first-order valence-corrected chi connectivity index (χ1v) is 5.74. The minimum atomic E-state index is -4.58. The van der Waals surface area contributed by atoms with Crippen molar-refractivity contribution in [3.8, 4) is 0 Å². The molecule has 2 aromatic rings. The second-order valence-electron chi connectivity index (χ2n) is 4.14. The lowest BCUT2D eigenvalue weighted by Crippen LogP contribution is -2.32. The van der Waals surface area contributed by atoms with Crippen molar-refractivity contribution < 1.29 is 18.0 Å². The van der Waals surface area contributed by atoms with E-state index in [-0.39, 0.29) is 11.6 Å². The number of nitrogens with zero attached hydrogens (tertiary/aromatic N) is 4. The molecule has 2 heterocycles. The summed E-state index contributed by atoms with van der Waals surface area (Å²) in [7, 11) is 1.57. The Morgan fingerprint density at radius 1 is 1.38 bits per heavy atom. The molecule has 2 aromatic heterocycles. The Kier molecular flexibility index (Phi) is 3.78. The van der Waals surface area contributed by atoms with Gasteiger partial charge in [-0.2, -0.15) is 18.3 Å². The van der Waals surface area contributed by atoms with Crippen molar-refractivity contribution in [3.05, 3.63) is 35.4 Å².